The maximum absolute atomic E-state index is 13.4. The summed E-state index contributed by atoms with van der Waals surface area (Å²) in [6.45, 7) is 4.33. The number of hydrogen-bond acceptors (Lipinski definition) is 4. The van der Waals surface area contributed by atoms with Crippen molar-refractivity contribution in [1.29, 1.82) is 0 Å². The Labute approximate surface area is 188 Å². The van der Waals surface area contributed by atoms with Crippen molar-refractivity contribution < 1.29 is 9.18 Å². The molecule has 32 heavy (non-hydrogen) atoms. The molecule has 1 aliphatic heterocycles. The molecule has 2 aromatic carbocycles. The molecule has 1 atom stereocenters. The van der Waals surface area contributed by atoms with Crippen molar-refractivity contribution >= 4 is 22.5 Å². The molecule has 2 heterocycles. The van der Waals surface area contributed by atoms with Gasteiger partial charge in [0.2, 0.25) is 5.91 Å². The van der Waals surface area contributed by atoms with E-state index in [0.717, 1.165) is 53.8 Å². The van der Waals surface area contributed by atoms with Crippen LogP contribution < -0.4 is 4.90 Å². The molecule has 1 aromatic heterocycles. The number of halogens is 1. The van der Waals surface area contributed by atoms with Crippen molar-refractivity contribution in [2.45, 2.75) is 45.1 Å². The van der Waals surface area contributed by atoms with E-state index in [0.29, 0.717) is 12.5 Å². The van der Waals surface area contributed by atoms with Gasteiger partial charge >= 0.3 is 0 Å². The van der Waals surface area contributed by atoms with E-state index >= 15 is 0 Å². The molecule has 6 heteroatoms. The molecule has 3 aromatic rings. The first-order valence-corrected chi connectivity index (χ1v) is 11.7. The molecule has 1 saturated carbocycles. The van der Waals surface area contributed by atoms with Crippen LogP contribution in [-0.4, -0.2) is 46.7 Å². The lowest BCUT2D eigenvalue weighted by Gasteiger charge is -2.42. The highest BCUT2D eigenvalue weighted by Gasteiger charge is 2.32. The lowest BCUT2D eigenvalue weighted by atomic mass is 9.88. The predicted molar refractivity (Wildman–Crippen MR) is 125 cm³/mol. The van der Waals surface area contributed by atoms with E-state index in [-0.39, 0.29) is 17.8 Å². The van der Waals surface area contributed by atoms with Gasteiger partial charge in [-0.1, -0.05) is 43.5 Å². The van der Waals surface area contributed by atoms with Crippen molar-refractivity contribution in [3.63, 3.8) is 0 Å². The van der Waals surface area contributed by atoms with E-state index in [2.05, 4.69) is 33.0 Å². The Morgan fingerprint density at radius 3 is 2.38 bits per heavy atom. The minimum absolute atomic E-state index is 0.158. The number of aromatic nitrogens is 2. The van der Waals surface area contributed by atoms with Crippen LogP contribution in [0.2, 0.25) is 0 Å². The van der Waals surface area contributed by atoms with Crippen LogP contribution in [0.25, 0.3) is 22.0 Å². The molecule has 1 aliphatic carbocycles. The lowest BCUT2D eigenvalue weighted by molar-refractivity contribution is -0.137. The van der Waals surface area contributed by atoms with Crippen LogP contribution in [0.15, 0.2) is 48.5 Å². The van der Waals surface area contributed by atoms with Crippen LogP contribution in [0.3, 0.4) is 0 Å². The summed E-state index contributed by atoms with van der Waals surface area (Å²) < 4.78 is 13.4. The van der Waals surface area contributed by atoms with E-state index in [1.165, 1.54) is 31.4 Å². The van der Waals surface area contributed by atoms with Gasteiger partial charge in [-0.25, -0.2) is 4.39 Å². The third kappa shape index (κ3) is 3.94. The Kier molecular flexibility index (Phi) is 5.77. The molecule has 0 bridgehead atoms. The minimum Gasteiger partial charge on any atom is -0.348 e. The average Bonchev–Trinajstić information content (AvgIpc) is 2.84. The number of hydrogen-bond donors (Lipinski definition) is 0. The predicted octanol–water partition coefficient (Wildman–Crippen LogP) is 5.05. The summed E-state index contributed by atoms with van der Waals surface area (Å²) in [5, 5.41) is 11.2. The second kappa shape index (κ2) is 8.85. The summed E-state index contributed by atoms with van der Waals surface area (Å²) in [6, 6.07) is 14.6. The number of amides is 1. The lowest BCUT2D eigenvalue weighted by Crippen LogP contribution is -2.55. The highest BCUT2D eigenvalue weighted by Crippen LogP contribution is 2.33. The second-order valence-electron chi connectivity index (χ2n) is 9.09. The topological polar surface area (TPSA) is 49.3 Å². The zero-order chi connectivity index (χ0) is 22.1. The maximum atomic E-state index is 13.4. The molecule has 5 nitrogen and oxygen atoms in total. The van der Waals surface area contributed by atoms with Gasteiger partial charge in [0.25, 0.3) is 0 Å². The van der Waals surface area contributed by atoms with Gasteiger partial charge in [0, 0.05) is 47.9 Å². The molecule has 2 fully saturated rings. The summed E-state index contributed by atoms with van der Waals surface area (Å²) in [6.07, 6.45) is 5.68. The van der Waals surface area contributed by atoms with Gasteiger partial charge < -0.3 is 9.80 Å². The van der Waals surface area contributed by atoms with Crippen molar-refractivity contribution in [2.24, 2.45) is 5.92 Å². The van der Waals surface area contributed by atoms with Crippen molar-refractivity contribution in [1.82, 2.24) is 15.1 Å². The number of nitrogens with zero attached hydrogens (tertiary/aromatic N) is 4. The Morgan fingerprint density at radius 2 is 1.66 bits per heavy atom. The molecular weight excluding hydrogens is 403 g/mol. The first-order valence-electron chi connectivity index (χ1n) is 11.7. The van der Waals surface area contributed by atoms with E-state index in [1.54, 1.807) is 12.1 Å². The number of anilines is 1. The van der Waals surface area contributed by atoms with Crippen molar-refractivity contribution in [3.05, 3.63) is 54.3 Å². The van der Waals surface area contributed by atoms with Crippen LogP contribution in [0.5, 0.6) is 0 Å². The molecule has 1 amide bonds. The van der Waals surface area contributed by atoms with Gasteiger partial charge in [-0.05, 0) is 44.0 Å². The van der Waals surface area contributed by atoms with Gasteiger partial charge in [-0.3, -0.25) is 4.79 Å². The number of rotatable bonds is 3. The SMILES string of the molecule is CC1CN(C(=O)C2CCCCC2)CCN1c1nnc(-c2ccc(F)cc2)c2ccccc12. The Bertz CT molecular complexity index is 1110. The average molecular weight is 433 g/mol. The van der Waals surface area contributed by atoms with E-state index < -0.39 is 0 Å². The Balaban J connectivity index is 1.41. The summed E-state index contributed by atoms with van der Waals surface area (Å²) in [4.78, 5) is 17.4. The normalized spacial score (nSPS) is 20.0. The largest absolute Gasteiger partial charge is 0.348 e. The molecule has 0 radical (unpaired) electrons. The van der Waals surface area contributed by atoms with Gasteiger partial charge in [-0.15, -0.1) is 10.2 Å². The maximum Gasteiger partial charge on any atom is 0.225 e. The molecule has 1 unspecified atom stereocenters. The Morgan fingerprint density at radius 1 is 0.938 bits per heavy atom. The van der Waals surface area contributed by atoms with E-state index in [1.807, 2.05) is 18.2 Å². The van der Waals surface area contributed by atoms with Crippen LogP contribution in [-0.2, 0) is 4.79 Å². The number of carbonyl (C=O) groups is 1. The van der Waals surface area contributed by atoms with Crippen LogP contribution in [0.1, 0.15) is 39.0 Å². The molecule has 5 rings (SSSR count). The third-order valence-corrected chi connectivity index (χ3v) is 6.95. The van der Waals surface area contributed by atoms with Gasteiger partial charge in [0.15, 0.2) is 5.82 Å². The van der Waals surface area contributed by atoms with Gasteiger partial charge in [0.05, 0.1) is 0 Å². The molecule has 2 aliphatic rings. The second-order valence-corrected chi connectivity index (χ2v) is 9.09. The summed E-state index contributed by atoms with van der Waals surface area (Å²) in [7, 11) is 0. The highest BCUT2D eigenvalue weighted by molar-refractivity contribution is 6.00. The van der Waals surface area contributed by atoms with E-state index in [4.69, 9.17) is 0 Å². The summed E-state index contributed by atoms with van der Waals surface area (Å²) >= 11 is 0. The summed E-state index contributed by atoms with van der Waals surface area (Å²) in [5.74, 6) is 1.12. The fourth-order valence-corrected chi connectivity index (χ4v) is 5.20. The standard InChI is InChI=1S/C26H29FN4O/c1-18-17-30(26(32)20-7-3-2-4-8-20)15-16-31(18)25-23-10-6-5-9-22(23)24(28-29-25)19-11-13-21(27)14-12-19/h5-6,9-14,18,20H,2-4,7-8,15-17H2,1H3. The number of fused-ring (bicyclic) bond motifs is 1. The molecule has 166 valence electrons. The first-order chi connectivity index (χ1) is 15.6. The zero-order valence-electron chi connectivity index (χ0n) is 18.5. The van der Waals surface area contributed by atoms with E-state index in [9.17, 15) is 9.18 Å². The zero-order valence-corrected chi connectivity index (χ0v) is 18.5. The smallest absolute Gasteiger partial charge is 0.225 e. The van der Waals surface area contributed by atoms with Crippen LogP contribution in [0.4, 0.5) is 10.2 Å². The summed E-state index contributed by atoms with van der Waals surface area (Å²) in [5.41, 5.74) is 1.60. The van der Waals surface area contributed by atoms with Crippen molar-refractivity contribution in [3.8, 4) is 11.3 Å². The quantitative estimate of drug-likeness (QED) is 0.581. The van der Waals surface area contributed by atoms with Crippen LogP contribution in [0, 0.1) is 11.7 Å². The van der Waals surface area contributed by atoms with Gasteiger partial charge in [0.1, 0.15) is 11.5 Å². The molecule has 0 N–H and O–H groups in total. The van der Waals surface area contributed by atoms with Crippen LogP contribution >= 0.6 is 0 Å². The number of carbonyl (C=O) groups excluding carboxylic acids is 1. The fraction of sp³-hybridized carbons (Fsp3) is 0.423. The highest BCUT2D eigenvalue weighted by atomic mass is 19.1. The fourth-order valence-electron chi connectivity index (χ4n) is 5.20. The third-order valence-electron chi connectivity index (χ3n) is 6.95. The monoisotopic (exact) mass is 432 g/mol. The van der Waals surface area contributed by atoms with Gasteiger partial charge in [-0.2, -0.15) is 0 Å². The number of benzene rings is 2. The Hall–Kier alpha value is -3.02. The number of piperazine rings is 1. The molecule has 1 saturated heterocycles. The first kappa shape index (κ1) is 20.9. The van der Waals surface area contributed by atoms with Crippen molar-refractivity contribution in [2.75, 3.05) is 24.5 Å². The molecular formula is C26H29FN4O. The molecule has 0 spiro atoms. The minimum atomic E-state index is -0.267.